The summed E-state index contributed by atoms with van der Waals surface area (Å²) < 4.78 is 0. The number of likely N-dealkylation sites (tertiary alicyclic amines) is 1. The quantitative estimate of drug-likeness (QED) is 0.760. The molecule has 0 spiro atoms. The molecule has 0 aliphatic carbocycles. The van der Waals surface area contributed by atoms with E-state index in [4.69, 9.17) is 0 Å². The summed E-state index contributed by atoms with van der Waals surface area (Å²) in [5, 5.41) is 0. The van der Waals surface area contributed by atoms with Crippen LogP contribution < -0.4 is 0 Å². The van der Waals surface area contributed by atoms with Gasteiger partial charge in [0, 0.05) is 12.1 Å². The number of hydrogen-bond acceptors (Lipinski definition) is 1. The van der Waals surface area contributed by atoms with Crippen LogP contribution in [-0.4, -0.2) is 23.5 Å². The van der Waals surface area contributed by atoms with Crippen molar-refractivity contribution in [2.45, 2.75) is 45.2 Å². The van der Waals surface area contributed by atoms with E-state index in [2.05, 4.69) is 49.6 Å². The van der Waals surface area contributed by atoms with Gasteiger partial charge in [-0.3, -0.25) is 4.90 Å². The Balaban J connectivity index is 2.07. The molecule has 2 rings (SSSR count). The van der Waals surface area contributed by atoms with Crippen molar-refractivity contribution in [3.05, 3.63) is 42.0 Å². The molecule has 1 heterocycles. The van der Waals surface area contributed by atoms with Crippen LogP contribution in [0.2, 0.25) is 0 Å². The van der Waals surface area contributed by atoms with Gasteiger partial charge < -0.3 is 0 Å². The van der Waals surface area contributed by atoms with E-state index >= 15 is 0 Å². The van der Waals surface area contributed by atoms with Gasteiger partial charge in [-0.25, -0.2) is 0 Å². The maximum absolute atomic E-state index is 3.90. The molecule has 0 radical (unpaired) electrons. The summed E-state index contributed by atoms with van der Waals surface area (Å²) in [6.45, 7) is 9.86. The lowest BCUT2D eigenvalue weighted by atomic mass is 10.00. The van der Waals surface area contributed by atoms with Crippen LogP contribution in [0.3, 0.4) is 0 Å². The molecule has 17 heavy (non-hydrogen) atoms. The fourth-order valence-electron chi connectivity index (χ4n) is 2.97. The van der Waals surface area contributed by atoms with Gasteiger partial charge in [-0.05, 0) is 50.8 Å². The maximum atomic E-state index is 3.90. The lowest BCUT2D eigenvalue weighted by Gasteiger charge is -2.29. The van der Waals surface area contributed by atoms with Crippen molar-refractivity contribution < 1.29 is 0 Å². The van der Waals surface area contributed by atoms with E-state index in [1.54, 1.807) is 0 Å². The highest BCUT2D eigenvalue weighted by Gasteiger charge is 2.25. The second kappa shape index (κ2) is 5.50. The first-order valence-electron chi connectivity index (χ1n) is 6.68. The van der Waals surface area contributed by atoms with E-state index in [0.717, 1.165) is 12.5 Å². The van der Waals surface area contributed by atoms with Gasteiger partial charge in [-0.15, -0.1) is 0 Å². The highest BCUT2D eigenvalue weighted by molar-refractivity contribution is 5.51. The van der Waals surface area contributed by atoms with E-state index in [1.165, 1.54) is 30.5 Å². The van der Waals surface area contributed by atoms with Gasteiger partial charge in [0.1, 0.15) is 0 Å². The molecule has 1 aromatic carbocycles. The van der Waals surface area contributed by atoms with E-state index in [-0.39, 0.29) is 0 Å². The van der Waals surface area contributed by atoms with Crippen LogP contribution >= 0.6 is 0 Å². The fourth-order valence-corrected chi connectivity index (χ4v) is 2.97. The zero-order valence-corrected chi connectivity index (χ0v) is 11.0. The zero-order valence-electron chi connectivity index (χ0n) is 11.0. The van der Waals surface area contributed by atoms with Gasteiger partial charge in [-0.2, -0.15) is 0 Å². The van der Waals surface area contributed by atoms with Gasteiger partial charge in [0.2, 0.25) is 0 Å². The Labute approximate surface area is 105 Å². The van der Waals surface area contributed by atoms with Crippen molar-refractivity contribution in [3.63, 3.8) is 0 Å². The molecule has 1 nitrogen and oxygen atoms in total. The first-order chi connectivity index (χ1) is 8.22. The number of hydrogen-bond donors (Lipinski definition) is 0. The standard InChI is InChI=1S/C16H23N/c1-4-15-9-5-6-10-16(15)12-14(3)17-11-7-8-13(17)2/h4-6,9-10,13-14H,1,7-8,11-12H2,2-3H3. The Morgan fingerprint density at radius 2 is 2.24 bits per heavy atom. The minimum atomic E-state index is 0.633. The van der Waals surface area contributed by atoms with Crippen LogP contribution in [0.5, 0.6) is 0 Å². The Bertz CT molecular complexity index is 383. The van der Waals surface area contributed by atoms with E-state index in [1.807, 2.05) is 6.08 Å². The van der Waals surface area contributed by atoms with Gasteiger partial charge in [0.25, 0.3) is 0 Å². The average molecular weight is 229 g/mol. The molecule has 1 aliphatic rings. The summed E-state index contributed by atoms with van der Waals surface area (Å²) in [4.78, 5) is 2.64. The molecule has 0 bridgehead atoms. The third-order valence-electron chi connectivity index (χ3n) is 3.96. The van der Waals surface area contributed by atoms with Gasteiger partial charge in [0.15, 0.2) is 0 Å². The number of benzene rings is 1. The van der Waals surface area contributed by atoms with Gasteiger partial charge in [-0.1, -0.05) is 36.9 Å². The summed E-state index contributed by atoms with van der Waals surface area (Å²) in [5.74, 6) is 0. The number of rotatable bonds is 4. The van der Waals surface area contributed by atoms with E-state index in [0.29, 0.717) is 6.04 Å². The van der Waals surface area contributed by atoms with Crippen LogP contribution in [0.1, 0.15) is 37.8 Å². The smallest absolute Gasteiger partial charge is 0.0110 e. The maximum Gasteiger partial charge on any atom is 0.0110 e. The Hall–Kier alpha value is -1.08. The predicted molar refractivity (Wildman–Crippen MR) is 75.1 cm³/mol. The van der Waals surface area contributed by atoms with E-state index < -0.39 is 0 Å². The monoisotopic (exact) mass is 229 g/mol. The first kappa shape index (κ1) is 12.4. The minimum Gasteiger partial charge on any atom is -0.298 e. The predicted octanol–water partition coefficient (Wildman–Crippen LogP) is 3.74. The van der Waals surface area contributed by atoms with Crippen LogP contribution in [-0.2, 0) is 6.42 Å². The average Bonchev–Trinajstić information content (AvgIpc) is 2.76. The molecule has 1 heteroatoms. The largest absolute Gasteiger partial charge is 0.298 e. The Morgan fingerprint density at radius 3 is 2.88 bits per heavy atom. The van der Waals surface area contributed by atoms with Crippen molar-refractivity contribution in [2.24, 2.45) is 0 Å². The lowest BCUT2D eigenvalue weighted by Crippen LogP contribution is -2.37. The molecule has 2 unspecified atom stereocenters. The summed E-state index contributed by atoms with van der Waals surface area (Å²) in [6.07, 6.45) is 5.81. The molecular formula is C16H23N. The van der Waals surface area contributed by atoms with E-state index in [9.17, 15) is 0 Å². The molecule has 0 aromatic heterocycles. The molecule has 0 N–H and O–H groups in total. The zero-order chi connectivity index (χ0) is 12.3. The molecular weight excluding hydrogens is 206 g/mol. The van der Waals surface area contributed by atoms with Crippen molar-refractivity contribution in [3.8, 4) is 0 Å². The summed E-state index contributed by atoms with van der Waals surface area (Å²) >= 11 is 0. The first-order valence-corrected chi connectivity index (χ1v) is 6.68. The van der Waals surface area contributed by atoms with Crippen LogP contribution in [0, 0.1) is 0 Å². The summed E-state index contributed by atoms with van der Waals surface area (Å²) in [7, 11) is 0. The molecule has 1 aromatic rings. The van der Waals surface area contributed by atoms with Crippen molar-refractivity contribution in [2.75, 3.05) is 6.54 Å². The molecule has 1 saturated heterocycles. The van der Waals surface area contributed by atoms with Crippen molar-refractivity contribution in [1.29, 1.82) is 0 Å². The summed E-state index contributed by atoms with van der Waals surface area (Å²) in [5.41, 5.74) is 2.71. The fraction of sp³-hybridized carbons (Fsp3) is 0.500. The topological polar surface area (TPSA) is 3.24 Å². The molecule has 0 amide bonds. The lowest BCUT2D eigenvalue weighted by molar-refractivity contribution is 0.201. The normalized spacial score (nSPS) is 22.6. The third kappa shape index (κ3) is 2.78. The highest BCUT2D eigenvalue weighted by atomic mass is 15.2. The van der Waals surface area contributed by atoms with Gasteiger partial charge >= 0.3 is 0 Å². The van der Waals surface area contributed by atoms with Crippen molar-refractivity contribution >= 4 is 6.08 Å². The molecule has 2 atom stereocenters. The summed E-state index contributed by atoms with van der Waals surface area (Å²) in [6, 6.07) is 9.98. The Kier molecular flexibility index (Phi) is 4.01. The molecule has 0 saturated carbocycles. The second-order valence-corrected chi connectivity index (χ2v) is 5.19. The van der Waals surface area contributed by atoms with Crippen LogP contribution in [0.15, 0.2) is 30.8 Å². The molecule has 1 aliphatic heterocycles. The minimum absolute atomic E-state index is 0.633. The second-order valence-electron chi connectivity index (χ2n) is 5.19. The van der Waals surface area contributed by atoms with Crippen LogP contribution in [0.25, 0.3) is 6.08 Å². The van der Waals surface area contributed by atoms with Gasteiger partial charge in [0.05, 0.1) is 0 Å². The SMILES string of the molecule is C=Cc1ccccc1CC(C)N1CCCC1C. The molecule has 1 fully saturated rings. The molecule has 92 valence electrons. The highest BCUT2D eigenvalue weighted by Crippen LogP contribution is 2.22. The van der Waals surface area contributed by atoms with Crippen LogP contribution in [0.4, 0.5) is 0 Å². The third-order valence-corrected chi connectivity index (χ3v) is 3.96. The Morgan fingerprint density at radius 1 is 1.47 bits per heavy atom. The van der Waals surface area contributed by atoms with Crippen molar-refractivity contribution in [1.82, 2.24) is 4.90 Å². The number of nitrogens with zero attached hydrogens (tertiary/aromatic N) is 1.